The van der Waals surface area contributed by atoms with Gasteiger partial charge in [-0.1, -0.05) is 48.5 Å². The molecular formula is C28H26N4O2. The summed E-state index contributed by atoms with van der Waals surface area (Å²) in [5.41, 5.74) is 5.34. The Hall–Kier alpha value is -4.19. The second-order valence-corrected chi connectivity index (χ2v) is 8.64. The highest BCUT2D eigenvalue weighted by molar-refractivity contribution is 5.94. The monoisotopic (exact) mass is 450 g/mol. The number of aromatic nitrogens is 2. The molecule has 3 heterocycles. The number of anilines is 1. The molecule has 0 radical (unpaired) electrons. The number of fused-ring (bicyclic) bond motifs is 2. The molecule has 2 amide bonds. The normalized spacial score (nSPS) is 13.1. The number of para-hydroxylation sites is 1. The number of carbonyl (C=O) groups is 2. The quantitative estimate of drug-likeness (QED) is 0.435. The molecule has 5 rings (SSSR count). The average Bonchev–Trinajstić information content (AvgIpc) is 3.20. The van der Waals surface area contributed by atoms with E-state index >= 15 is 0 Å². The summed E-state index contributed by atoms with van der Waals surface area (Å²) in [7, 11) is 1.82. The standard InChI is InChI=1S/C28H26N4O2/c1-31(27(34)14-11-21-15-22-12-13-26(33)30-28(22)29-16-21)18-23-19-32(17-20-7-3-2-4-8-20)25-10-6-5-9-24(23)25/h2-11,14-16,19H,12-13,17-18H2,1H3,(H,29,30,33)/b14-11+. The SMILES string of the molecule is CN(Cc1cn(Cc2ccccc2)c2ccccc12)C(=O)/C=C/c1cnc2c(c1)CCC(=O)N2. The zero-order chi connectivity index (χ0) is 23.5. The number of aryl methyl sites for hydroxylation is 1. The van der Waals surface area contributed by atoms with E-state index in [2.05, 4.69) is 57.5 Å². The van der Waals surface area contributed by atoms with Crippen molar-refractivity contribution in [2.75, 3.05) is 12.4 Å². The Bertz CT molecular complexity index is 1390. The highest BCUT2D eigenvalue weighted by Gasteiger charge is 2.16. The number of hydrogen-bond acceptors (Lipinski definition) is 3. The van der Waals surface area contributed by atoms with Crippen LogP contribution in [-0.4, -0.2) is 33.3 Å². The maximum Gasteiger partial charge on any atom is 0.246 e. The van der Waals surface area contributed by atoms with Gasteiger partial charge < -0.3 is 14.8 Å². The van der Waals surface area contributed by atoms with Gasteiger partial charge in [-0.3, -0.25) is 9.59 Å². The summed E-state index contributed by atoms with van der Waals surface area (Å²) >= 11 is 0. The second kappa shape index (κ2) is 9.35. The zero-order valence-electron chi connectivity index (χ0n) is 19.1. The number of carbonyl (C=O) groups excluding carboxylic acids is 2. The smallest absolute Gasteiger partial charge is 0.246 e. The van der Waals surface area contributed by atoms with Gasteiger partial charge >= 0.3 is 0 Å². The number of benzene rings is 2. The van der Waals surface area contributed by atoms with Crippen LogP contribution in [0.25, 0.3) is 17.0 Å². The first-order valence-electron chi connectivity index (χ1n) is 11.4. The molecule has 0 atom stereocenters. The first kappa shape index (κ1) is 21.6. The maximum atomic E-state index is 12.8. The fraction of sp³-hybridized carbons (Fsp3) is 0.179. The van der Waals surface area contributed by atoms with Crippen LogP contribution in [-0.2, 0) is 29.1 Å². The molecule has 2 aromatic heterocycles. The fourth-order valence-corrected chi connectivity index (χ4v) is 4.35. The summed E-state index contributed by atoms with van der Waals surface area (Å²) in [6.45, 7) is 1.30. The lowest BCUT2D eigenvalue weighted by molar-refractivity contribution is -0.125. The molecule has 0 fully saturated rings. The van der Waals surface area contributed by atoms with E-state index in [-0.39, 0.29) is 11.8 Å². The van der Waals surface area contributed by atoms with Crippen molar-refractivity contribution in [2.24, 2.45) is 0 Å². The first-order chi connectivity index (χ1) is 16.6. The highest BCUT2D eigenvalue weighted by atomic mass is 16.2. The van der Waals surface area contributed by atoms with Crippen LogP contribution in [0.4, 0.5) is 5.82 Å². The summed E-state index contributed by atoms with van der Waals surface area (Å²) in [5.74, 6) is 0.528. The van der Waals surface area contributed by atoms with Gasteiger partial charge in [-0.2, -0.15) is 0 Å². The average molecular weight is 451 g/mol. The van der Waals surface area contributed by atoms with Gasteiger partial charge in [0.1, 0.15) is 5.82 Å². The topological polar surface area (TPSA) is 67.2 Å². The summed E-state index contributed by atoms with van der Waals surface area (Å²) in [6, 6.07) is 20.7. The van der Waals surface area contributed by atoms with Crippen LogP contribution in [0.3, 0.4) is 0 Å². The predicted molar refractivity (Wildman–Crippen MR) is 134 cm³/mol. The molecule has 0 spiro atoms. The van der Waals surface area contributed by atoms with Crippen LogP contribution in [0, 0.1) is 0 Å². The van der Waals surface area contributed by atoms with Crippen molar-refractivity contribution >= 4 is 34.6 Å². The van der Waals surface area contributed by atoms with E-state index in [0.717, 1.165) is 34.1 Å². The first-order valence-corrected chi connectivity index (χ1v) is 11.4. The summed E-state index contributed by atoms with van der Waals surface area (Å²) in [6.07, 6.45) is 8.30. The molecule has 0 aliphatic carbocycles. The molecule has 1 aliphatic heterocycles. The van der Waals surface area contributed by atoms with Crippen LogP contribution in [0.1, 0.15) is 28.7 Å². The third-order valence-corrected chi connectivity index (χ3v) is 6.14. The fourth-order valence-electron chi connectivity index (χ4n) is 4.35. The van der Waals surface area contributed by atoms with Gasteiger partial charge in [0.2, 0.25) is 11.8 Å². The number of nitrogens with zero attached hydrogens (tertiary/aromatic N) is 3. The van der Waals surface area contributed by atoms with Crippen molar-refractivity contribution in [3.05, 3.63) is 101 Å². The third-order valence-electron chi connectivity index (χ3n) is 6.14. The van der Waals surface area contributed by atoms with Crippen LogP contribution < -0.4 is 5.32 Å². The minimum absolute atomic E-state index is 0.00906. The van der Waals surface area contributed by atoms with Gasteiger partial charge in [-0.25, -0.2) is 4.98 Å². The summed E-state index contributed by atoms with van der Waals surface area (Å²) in [5, 5.41) is 3.93. The maximum absolute atomic E-state index is 12.8. The van der Waals surface area contributed by atoms with Crippen LogP contribution in [0.2, 0.25) is 0 Å². The zero-order valence-corrected chi connectivity index (χ0v) is 19.1. The molecule has 0 unspecified atom stereocenters. The lowest BCUT2D eigenvalue weighted by Crippen LogP contribution is -2.24. The molecule has 6 heteroatoms. The van der Waals surface area contributed by atoms with Gasteiger partial charge in [0.05, 0.1) is 0 Å². The predicted octanol–water partition coefficient (Wildman–Crippen LogP) is 4.64. The van der Waals surface area contributed by atoms with E-state index < -0.39 is 0 Å². The Balaban J connectivity index is 1.31. The lowest BCUT2D eigenvalue weighted by Gasteiger charge is -2.16. The van der Waals surface area contributed by atoms with Crippen LogP contribution in [0.5, 0.6) is 0 Å². The third kappa shape index (κ3) is 4.62. The van der Waals surface area contributed by atoms with E-state index in [4.69, 9.17) is 0 Å². The number of amides is 2. The van der Waals surface area contributed by atoms with Crippen LogP contribution >= 0.6 is 0 Å². The van der Waals surface area contributed by atoms with Gasteiger partial charge in [0.25, 0.3) is 0 Å². The van der Waals surface area contributed by atoms with Crippen molar-refractivity contribution in [1.82, 2.24) is 14.5 Å². The number of likely N-dealkylation sites (N-methyl/N-ethyl adjacent to an activating group) is 1. The summed E-state index contributed by atoms with van der Waals surface area (Å²) in [4.78, 5) is 30.4. The molecule has 4 aromatic rings. The minimum Gasteiger partial charge on any atom is -0.343 e. The van der Waals surface area contributed by atoms with E-state index in [9.17, 15) is 9.59 Å². The van der Waals surface area contributed by atoms with Gasteiger partial charge in [0.15, 0.2) is 0 Å². The van der Waals surface area contributed by atoms with E-state index in [1.807, 2.05) is 31.3 Å². The molecule has 0 bridgehead atoms. The van der Waals surface area contributed by atoms with E-state index in [0.29, 0.717) is 25.2 Å². The molecule has 1 N–H and O–H groups in total. The lowest BCUT2D eigenvalue weighted by atomic mass is 10.0. The molecule has 34 heavy (non-hydrogen) atoms. The van der Waals surface area contributed by atoms with Gasteiger partial charge in [0, 0.05) is 55.9 Å². The molecule has 170 valence electrons. The minimum atomic E-state index is -0.0779. The number of rotatable bonds is 6. The van der Waals surface area contributed by atoms with Crippen molar-refractivity contribution in [3.63, 3.8) is 0 Å². The largest absolute Gasteiger partial charge is 0.343 e. The Morgan fingerprint density at radius 1 is 1.12 bits per heavy atom. The van der Waals surface area contributed by atoms with Crippen LogP contribution in [0.15, 0.2) is 79.1 Å². The Kier molecular flexibility index (Phi) is 5.95. The van der Waals surface area contributed by atoms with E-state index in [1.54, 1.807) is 23.2 Å². The summed E-state index contributed by atoms with van der Waals surface area (Å²) < 4.78 is 2.24. The van der Waals surface area contributed by atoms with E-state index in [1.165, 1.54) is 5.56 Å². The Morgan fingerprint density at radius 2 is 1.91 bits per heavy atom. The number of nitrogens with one attached hydrogen (secondary N) is 1. The van der Waals surface area contributed by atoms with Crippen molar-refractivity contribution in [3.8, 4) is 0 Å². The Morgan fingerprint density at radius 3 is 2.76 bits per heavy atom. The van der Waals surface area contributed by atoms with Crippen molar-refractivity contribution in [2.45, 2.75) is 25.9 Å². The number of hydrogen-bond donors (Lipinski definition) is 1. The highest BCUT2D eigenvalue weighted by Crippen LogP contribution is 2.24. The van der Waals surface area contributed by atoms with Crippen molar-refractivity contribution in [1.29, 1.82) is 0 Å². The molecule has 0 saturated carbocycles. The second-order valence-electron chi connectivity index (χ2n) is 8.64. The molecule has 6 nitrogen and oxygen atoms in total. The molecule has 1 aliphatic rings. The van der Waals surface area contributed by atoms with Crippen molar-refractivity contribution < 1.29 is 9.59 Å². The molecule has 0 saturated heterocycles. The van der Waals surface area contributed by atoms with Gasteiger partial charge in [-0.05, 0) is 46.9 Å². The molecule has 2 aromatic carbocycles. The number of pyridine rings is 1. The Labute approximate surface area is 198 Å². The molecular weight excluding hydrogens is 424 g/mol. The van der Waals surface area contributed by atoms with Gasteiger partial charge in [-0.15, -0.1) is 0 Å².